The molecule has 0 spiro atoms. The maximum Gasteiger partial charge on any atom is 0.329 e. The third-order valence-corrected chi connectivity index (χ3v) is 4.96. The minimum Gasteiger partial charge on any atom is -0.298 e. The number of rotatable bonds is 2. The van der Waals surface area contributed by atoms with Crippen LogP contribution < -0.4 is 11.2 Å². The molecule has 2 aliphatic rings. The van der Waals surface area contributed by atoms with Crippen molar-refractivity contribution in [3.8, 4) is 0 Å². The fourth-order valence-corrected chi connectivity index (χ4v) is 4.11. The maximum absolute atomic E-state index is 11.9. The molecule has 1 aromatic rings. The molecule has 5 heteroatoms. The van der Waals surface area contributed by atoms with E-state index in [0.717, 1.165) is 12.3 Å². The first-order valence-electron chi connectivity index (χ1n) is 6.57. The van der Waals surface area contributed by atoms with Crippen molar-refractivity contribution in [1.82, 2.24) is 9.55 Å². The van der Waals surface area contributed by atoms with Crippen LogP contribution in [0.1, 0.15) is 38.6 Å². The number of aromatic amines is 1. The Morgan fingerprint density at radius 2 is 2.17 bits per heavy atom. The summed E-state index contributed by atoms with van der Waals surface area (Å²) in [5.41, 5.74) is -0.679. The van der Waals surface area contributed by atoms with Gasteiger partial charge in [0, 0.05) is 12.1 Å². The van der Waals surface area contributed by atoms with E-state index in [4.69, 9.17) is 11.6 Å². The van der Waals surface area contributed by atoms with Crippen LogP contribution >= 0.6 is 11.6 Å². The molecule has 3 rings (SSSR count). The van der Waals surface area contributed by atoms with E-state index in [2.05, 4.69) is 4.98 Å². The van der Waals surface area contributed by atoms with Gasteiger partial charge in [0.2, 0.25) is 0 Å². The van der Waals surface area contributed by atoms with Crippen molar-refractivity contribution in [2.24, 2.45) is 17.8 Å². The Hall–Kier alpha value is -1.03. The molecule has 1 aromatic heterocycles. The van der Waals surface area contributed by atoms with Crippen LogP contribution in [0.2, 0.25) is 5.15 Å². The van der Waals surface area contributed by atoms with Gasteiger partial charge < -0.3 is 0 Å². The normalized spacial score (nSPS) is 31.8. The number of H-pyrrole nitrogens is 1. The molecule has 4 unspecified atom stereocenters. The second-order valence-electron chi connectivity index (χ2n) is 5.71. The molecule has 1 heterocycles. The summed E-state index contributed by atoms with van der Waals surface area (Å²) in [5, 5.41) is 0.112. The summed E-state index contributed by atoms with van der Waals surface area (Å²) in [4.78, 5) is 26.3. The Morgan fingerprint density at radius 3 is 2.72 bits per heavy atom. The molecule has 0 saturated heterocycles. The third kappa shape index (κ3) is 1.83. The smallest absolute Gasteiger partial charge is 0.298 e. The van der Waals surface area contributed by atoms with Gasteiger partial charge in [-0.1, -0.05) is 18.0 Å². The lowest BCUT2D eigenvalue weighted by Crippen LogP contribution is -2.40. The van der Waals surface area contributed by atoms with Crippen molar-refractivity contribution in [1.29, 1.82) is 0 Å². The van der Waals surface area contributed by atoms with Crippen LogP contribution in [0.5, 0.6) is 0 Å². The maximum atomic E-state index is 11.9. The molecule has 0 aromatic carbocycles. The lowest BCUT2D eigenvalue weighted by atomic mass is 9.84. The zero-order chi connectivity index (χ0) is 12.9. The summed E-state index contributed by atoms with van der Waals surface area (Å²) in [6.45, 7) is 1.98. The average molecular weight is 269 g/mol. The quantitative estimate of drug-likeness (QED) is 0.836. The van der Waals surface area contributed by atoms with Crippen molar-refractivity contribution in [2.75, 3.05) is 0 Å². The Labute approximate surface area is 110 Å². The van der Waals surface area contributed by atoms with Gasteiger partial charge in [-0.25, -0.2) is 4.79 Å². The van der Waals surface area contributed by atoms with Crippen molar-refractivity contribution < 1.29 is 0 Å². The molecule has 98 valence electrons. The van der Waals surface area contributed by atoms with E-state index in [0.29, 0.717) is 11.8 Å². The summed E-state index contributed by atoms with van der Waals surface area (Å²) in [6, 6.07) is 1.25. The second kappa shape index (κ2) is 4.26. The van der Waals surface area contributed by atoms with Crippen molar-refractivity contribution in [3.05, 3.63) is 32.1 Å². The van der Waals surface area contributed by atoms with Gasteiger partial charge >= 0.3 is 5.69 Å². The fourth-order valence-electron chi connectivity index (χ4n) is 3.94. The van der Waals surface area contributed by atoms with Gasteiger partial charge in [-0.05, 0) is 43.9 Å². The van der Waals surface area contributed by atoms with E-state index < -0.39 is 0 Å². The van der Waals surface area contributed by atoms with Crippen molar-refractivity contribution in [3.63, 3.8) is 0 Å². The lowest BCUT2D eigenvalue weighted by Gasteiger charge is -2.28. The SMILES string of the molecule is CC(C1CC2CCC1C2)n1c(=O)cc(Cl)[nH]c1=O. The van der Waals surface area contributed by atoms with E-state index in [9.17, 15) is 9.59 Å². The number of hydrogen-bond donors (Lipinski definition) is 1. The van der Waals surface area contributed by atoms with Gasteiger partial charge in [0.15, 0.2) is 0 Å². The van der Waals surface area contributed by atoms with Gasteiger partial charge in [0.05, 0.1) is 0 Å². The minimum atomic E-state index is -0.386. The van der Waals surface area contributed by atoms with E-state index in [1.54, 1.807) is 0 Å². The van der Waals surface area contributed by atoms with Crippen LogP contribution in [0.4, 0.5) is 0 Å². The van der Waals surface area contributed by atoms with Crippen LogP contribution in [0.25, 0.3) is 0 Å². The highest BCUT2D eigenvalue weighted by molar-refractivity contribution is 6.29. The summed E-state index contributed by atoms with van der Waals surface area (Å²) < 4.78 is 1.33. The third-order valence-electron chi connectivity index (χ3n) is 4.75. The van der Waals surface area contributed by atoms with Gasteiger partial charge in [-0.15, -0.1) is 0 Å². The molecule has 2 bridgehead atoms. The Bertz CT molecular complexity index is 546. The van der Waals surface area contributed by atoms with Gasteiger partial charge in [-0.3, -0.25) is 14.3 Å². The van der Waals surface area contributed by atoms with E-state index in [1.165, 1.54) is 29.9 Å². The first-order chi connectivity index (χ1) is 8.56. The van der Waals surface area contributed by atoms with E-state index in [1.807, 2.05) is 6.92 Å². The molecule has 0 radical (unpaired) electrons. The monoisotopic (exact) mass is 268 g/mol. The topological polar surface area (TPSA) is 54.9 Å². The highest BCUT2D eigenvalue weighted by Gasteiger charge is 2.42. The molecule has 4 nitrogen and oxygen atoms in total. The Balaban J connectivity index is 1.96. The zero-order valence-corrected chi connectivity index (χ0v) is 11.1. The molecular formula is C13H17ClN2O2. The first kappa shape index (κ1) is 12.0. The Kier molecular flexibility index (Phi) is 2.85. The molecule has 4 atom stereocenters. The van der Waals surface area contributed by atoms with Crippen LogP contribution in [-0.2, 0) is 0 Å². The fraction of sp³-hybridized carbons (Fsp3) is 0.692. The number of aromatic nitrogens is 2. The van der Waals surface area contributed by atoms with Crippen molar-refractivity contribution >= 4 is 11.6 Å². The van der Waals surface area contributed by atoms with Gasteiger partial charge in [0.1, 0.15) is 5.15 Å². The average Bonchev–Trinajstić information content (AvgIpc) is 2.88. The highest BCUT2D eigenvalue weighted by Crippen LogP contribution is 2.51. The van der Waals surface area contributed by atoms with Gasteiger partial charge in [-0.2, -0.15) is 0 Å². The Morgan fingerprint density at radius 1 is 1.39 bits per heavy atom. The number of halogens is 1. The van der Waals surface area contributed by atoms with E-state index >= 15 is 0 Å². The predicted octanol–water partition coefficient (Wildman–Crippen LogP) is 2.19. The molecule has 18 heavy (non-hydrogen) atoms. The number of nitrogens with one attached hydrogen (secondary N) is 1. The van der Waals surface area contributed by atoms with Crippen LogP contribution in [0.3, 0.4) is 0 Å². The summed E-state index contributed by atoms with van der Waals surface area (Å²) in [5.74, 6) is 1.96. The molecule has 2 aliphatic carbocycles. The standard InChI is InChI=1S/C13H17ClN2O2/c1-7(10-5-8-2-3-9(10)4-8)16-12(17)6-11(14)15-13(16)18/h6-10H,2-5H2,1H3,(H,15,18). The largest absolute Gasteiger partial charge is 0.329 e. The second-order valence-corrected chi connectivity index (χ2v) is 6.12. The number of fused-ring (bicyclic) bond motifs is 2. The molecule has 2 saturated carbocycles. The molecule has 0 amide bonds. The predicted molar refractivity (Wildman–Crippen MR) is 70.0 cm³/mol. The highest BCUT2D eigenvalue weighted by atomic mass is 35.5. The summed E-state index contributed by atoms with van der Waals surface area (Å²) in [6.07, 6.45) is 5.00. The lowest BCUT2D eigenvalue weighted by molar-refractivity contribution is 0.234. The van der Waals surface area contributed by atoms with E-state index in [-0.39, 0.29) is 22.4 Å². The molecule has 2 fully saturated rings. The van der Waals surface area contributed by atoms with Crippen LogP contribution in [0, 0.1) is 17.8 Å². The summed E-state index contributed by atoms with van der Waals surface area (Å²) >= 11 is 5.68. The minimum absolute atomic E-state index is 0.0335. The summed E-state index contributed by atoms with van der Waals surface area (Å²) in [7, 11) is 0. The molecular weight excluding hydrogens is 252 g/mol. The van der Waals surface area contributed by atoms with Crippen LogP contribution in [0.15, 0.2) is 15.7 Å². The molecule has 0 aliphatic heterocycles. The van der Waals surface area contributed by atoms with Crippen LogP contribution in [-0.4, -0.2) is 9.55 Å². The van der Waals surface area contributed by atoms with Gasteiger partial charge in [0.25, 0.3) is 5.56 Å². The zero-order valence-electron chi connectivity index (χ0n) is 10.4. The number of hydrogen-bond acceptors (Lipinski definition) is 2. The number of nitrogens with zero attached hydrogens (tertiary/aromatic N) is 1. The molecule has 1 N–H and O–H groups in total. The first-order valence-corrected chi connectivity index (χ1v) is 6.95. The van der Waals surface area contributed by atoms with Crippen molar-refractivity contribution in [2.45, 2.75) is 38.6 Å².